The minimum absolute atomic E-state index is 0.0632. The second kappa shape index (κ2) is 8.63. The molecule has 2 aromatic rings. The largest absolute Gasteiger partial charge is 0.444 e. The number of amides is 1. The number of hydrogen-bond donors (Lipinski definition) is 1. The second-order valence-corrected chi connectivity index (χ2v) is 9.08. The molecule has 2 aromatic heterocycles. The summed E-state index contributed by atoms with van der Waals surface area (Å²) in [6, 6.07) is 3.82. The van der Waals surface area contributed by atoms with Crippen LogP contribution >= 0.6 is 27.3 Å². The lowest BCUT2D eigenvalue weighted by Crippen LogP contribution is -2.34. The van der Waals surface area contributed by atoms with Gasteiger partial charge >= 0.3 is 11.8 Å². The molecule has 0 aliphatic carbocycles. The van der Waals surface area contributed by atoms with E-state index in [0.29, 0.717) is 12.9 Å². The molecular weight excluding hydrogens is 427 g/mol. The van der Waals surface area contributed by atoms with Gasteiger partial charge in [-0.25, -0.2) is 18.7 Å². The first-order valence-corrected chi connectivity index (χ1v) is 9.40. The van der Waals surface area contributed by atoms with E-state index < -0.39 is 11.7 Å². The maximum atomic E-state index is 13.1. The Kier molecular flexibility index (Phi) is 6.76. The van der Waals surface area contributed by atoms with Crippen LogP contribution in [0.5, 0.6) is 0 Å². The molecule has 0 spiro atoms. The molecule has 0 bridgehead atoms. The van der Waals surface area contributed by atoms with Crippen LogP contribution in [0, 0.1) is 0 Å². The number of alkyl carbamates (subject to hydrolysis) is 1. The van der Waals surface area contributed by atoms with Gasteiger partial charge in [0.05, 0.1) is 23.2 Å². The first kappa shape index (κ1) is 20.4. The van der Waals surface area contributed by atoms with E-state index in [1.165, 1.54) is 22.2 Å². The van der Waals surface area contributed by atoms with E-state index in [1.807, 2.05) is 12.1 Å². The average molecular weight is 447 g/mol. The van der Waals surface area contributed by atoms with E-state index in [1.54, 1.807) is 20.8 Å². The first-order chi connectivity index (χ1) is 12.2. The summed E-state index contributed by atoms with van der Waals surface area (Å²) >= 11 is 4.90. The molecule has 0 saturated carbocycles. The molecule has 0 fully saturated rings. The fourth-order valence-corrected chi connectivity index (χ4v) is 3.50. The number of nitrogens with one attached hydrogen (secondary N) is 1. The van der Waals surface area contributed by atoms with Gasteiger partial charge in [0.2, 0.25) is 0 Å². The Bertz CT molecular complexity index is 850. The summed E-state index contributed by atoms with van der Waals surface area (Å²) < 4.78 is 21.8. The topological polar surface area (TPSA) is 78.2 Å². The fraction of sp³-hybridized carbons (Fsp3) is 0.438. The number of carbonyl (C=O) groups is 1. The molecule has 0 aromatic carbocycles. The summed E-state index contributed by atoms with van der Waals surface area (Å²) in [5.74, 6) is 0. The molecular formula is C16H20BrFN4O3S. The molecule has 0 atom stereocenters. The summed E-state index contributed by atoms with van der Waals surface area (Å²) in [5, 5.41) is 6.46. The van der Waals surface area contributed by atoms with Crippen molar-refractivity contribution in [2.75, 3.05) is 6.54 Å². The van der Waals surface area contributed by atoms with Crippen LogP contribution in [0.1, 0.15) is 25.6 Å². The van der Waals surface area contributed by atoms with E-state index >= 15 is 0 Å². The number of rotatable bonds is 6. The van der Waals surface area contributed by atoms with E-state index in [0.717, 1.165) is 13.3 Å². The lowest BCUT2D eigenvalue weighted by atomic mass is 10.2. The summed E-state index contributed by atoms with van der Waals surface area (Å²) in [4.78, 5) is 25.0. The molecule has 142 valence electrons. The highest BCUT2D eigenvalue weighted by Crippen LogP contribution is 2.22. The summed E-state index contributed by atoms with van der Waals surface area (Å²) in [5.41, 5.74) is -0.802. The Morgan fingerprint density at radius 3 is 2.77 bits per heavy atom. The zero-order valence-corrected chi connectivity index (χ0v) is 17.1. The van der Waals surface area contributed by atoms with E-state index in [4.69, 9.17) is 4.74 Å². The molecule has 2 rings (SSSR count). The molecule has 1 amide bonds. The van der Waals surface area contributed by atoms with E-state index in [2.05, 4.69) is 26.3 Å². The number of thiophene rings is 1. The van der Waals surface area contributed by atoms with Gasteiger partial charge in [-0.15, -0.1) is 11.3 Å². The monoisotopic (exact) mass is 446 g/mol. The van der Waals surface area contributed by atoms with Gasteiger partial charge in [-0.1, -0.05) is 0 Å². The lowest BCUT2D eigenvalue weighted by molar-refractivity contribution is 0.0532. The summed E-state index contributed by atoms with van der Waals surface area (Å²) in [7, 11) is 0. The standard InChI is InChI=1S/C16H20BrFN4O3S/c1-16(2,3)25-14(23)19-7-11(6-18)8-22-15(24)21(10-20-22)9-12-4-5-13(17)26-12/h4-6,10H,7-9H2,1-3H3,(H,19,23)/b11-6-. The van der Waals surface area contributed by atoms with Crippen molar-refractivity contribution in [3.63, 3.8) is 0 Å². The van der Waals surface area contributed by atoms with Gasteiger partial charge in [-0.3, -0.25) is 4.57 Å². The predicted octanol–water partition coefficient (Wildman–Crippen LogP) is 3.30. The zero-order valence-electron chi connectivity index (χ0n) is 14.7. The van der Waals surface area contributed by atoms with Gasteiger partial charge in [0.25, 0.3) is 0 Å². The molecule has 2 heterocycles. The zero-order chi connectivity index (χ0) is 19.3. The van der Waals surface area contributed by atoms with Gasteiger partial charge in [0.1, 0.15) is 11.9 Å². The molecule has 0 unspecified atom stereocenters. The Labute approximate surface area is 162 Å². The van der Waals surface area contributed by atoms with Gasteiger partial charge in [0.15, 0.2) is 0 Å². The smallest absolute Gasteiger partial charge is 0.407 e. The molecule has 26 heavy (non-hydrogen) atoms. The molecule has 0 aliphatic rings. The van der Waals surface area contributed by atoms with Gasteiger partial charge < -0.3 is 10.1 Å². The van der Waals surface area contributed by atoms with Crippen molar-refractivity contribution < 1.29 is 13.9 Å². The minimum Gasteiger partial charge on any atom is -0.444 e. The number of hydrogen-bond acceptors (Lipinski definition) is 5. The quantitative estimate of drug-likeness (QED) is 0.737. The highest BCUT2D eigenvalue weighted by molar-refractivity contribution is 9.11. The second-order valence-electron chi connectivity index (χ2n) is 6.53. The van der Waals surface area contributed by atoms with Crippen molar-refractivity contribution >= 4 is 33.4 Å². The predicted molar refractivity (Wildman–Crippen MR) is 101 cm³/mol. The van der Waals surface area contributed by atoms with Crippen LogP contribution in [0.3, 0.4) is 0 Å². The number of nitrogens with zero attached hydrogens (tertiary/aromatic N) is 3. The third-order valence-electron chi connectivity index (χ3n) is 3.12. The van der Waals surface area contributed by atoms with E-state index in [9.17, 15) is 14.0 Å². The van der Waals surface area contributed by atoms with Crippen molar-refractivity contribution in [1.29, 1.82) is 0 Å². The third kappa shape index (κ3) is 6.10. The summed E-state index contributed by atoms with van der Waals surface area (Å²) in [6.07, 6.45) is 1.12. The van der Waals surface area contributed by atoms with Crippen LogP contribution in [0.2, 0.25) is 0 Å². The molecule has 10 heteroatoms. The highest BCUT2D eigenvalue weighted by atomic mass is 79.9. The van der Waals surface area contributed by atoms with Gasteiger partial charge in [0, 0.05) is 11.4 Å². The molecule has 0 radical (unpaired) electrons. The minimum atomic E-state index is -0.655. The first-order valence-electron chi connectivity index (χ1n) is 7.79. The molecule has 0 saturated heterocycles. The Balaban J connectivity index is 1.96. The maximum Gasteiger partial charge on any atom is 0.407 e. The third-order valence-corrected chi connectivity index (χ3v) is 4.73. The highest BCUT2D eigenvalue weighted by Gasteiger charge is 2.16. The fourth-order valence-electron chi connectivity index (χ4n) is 2.01. The summed E-state index contributed by atoms with van der Waals surface area (Å²) in [6.45, 7) is 5.44. The van der Waals surface area contributed by atoms with Crippen LogP contribution < -0.4 is 11.0 Å². The van der Waals surface area contributed by atoms with Crippen molar-refractivity contribution in [3.8, 4) is 0 Å². The van der Waals surface area contributed by atoms with Crippen molar-refractivity contribution in [2.24, 2.45) is 0 Å². The average Bonchev–Trinajstić information content (AvgIpc) is 3.09. The van der Waals surface area contributed by atoms with E-state index in [-0.39, 0.29) is 24.4 Å². The Morgan fingerprint density at radius 1 is 1.46 bits per heavy atom. The Hall–Kier alpha value is -1.94. The van der Waals surface area contributed by atoms with Crippen molar-refractivity contribution in [1.82, 2.24) is 19.7 Å². The molecule has 1 N–H and O–H groups in total. The lowest BCUT2D eigenvalue weighted by Gasteiger charge is -2.19. The van der Waals surface area contributed by atoms with Gasteiger partial charge in [-0.05, 0) is 54.4 Å². The Morgan fingerprint density at radius 2 is 2.19 bits per heavy atom. The number of halogens is 2. The normalized spacial score (nSPS) is 12.3. The van der Waals surface area contributed by atoms with Crippen LogP contribution in [-0.4, -0.2) is 32.6 Å². The van der Waals surface area contributed by atoms with Crippen LogP contribution in [0.25, 0.3) is 0 Å². The van der Waals surface area contributed by atoms with Crippen LogP contribution in [0.15, 0.2) is 38.9 Å². The number of carbonyl (C=O) groups excluding carboxylic acids is 1. The maximum absolute atomic E-state index is 13.1. The number of ether oxygens (including phenoxy) is 1. The van der Waals surface area contributed by atoms with Gasteiger partial charge in [-0.2, -0.15) is 5.10 Å². The van der Waals surface area contributed by atoms with Crippen LogP contribution in [0.4, 0.5) is 9.18 Å². The number of aromatic nitrogens is 3. The molecule has 0 aliphatic heterocycles. The SMILES string of the molecule is CC(C)(C)OC(=O)NC/C(=C/F)Cn1ncn(Cc2ccc(Br)s2)c1=O. The van der Waals surface area contributed by atoms with Crippen molar-refractivity contribution in [2.45, 2.75) is 39.5 Å². The van der Waals surface area contributed by atoms with Crippen LogP contribution in [-0.2, 0) is 17.8 Å². The van der Waals surface area contributed by atoms with Crippen molar-refractivity contribution in [3.05, 3.63) is 49.5 Å². The molecule has 7 nitrogen and oxygen atoms in total.